The first-order valence-electron chi connectivity index (χ1n) is 6.70. The summed E-state index contributed by atoms with van der Waals surface area (Å²) < 4.78 is 31.2. The number of hydrogen-bond donors (Lipinski definition) is 0. The van der Waals surface area contributed by atoms with Gasteiger partial charge in [-0.15, -0.1) is 0 Å². The lowest BCUT2D eigenvalue weighted by Gasteiger charge is -2.15. The minimum atomic E-state index is -3.61. The van der Waals surface area contributed by atoms with E-state index in [2.05, 4.69) is 0 Å². The van der Waals surface area contributed by atoms with Crippen molar-refractivity contribution >= 4 is 15.7 Å². The van der Waals surface area contributed by atoms with Crippen molar-refractivity contribution < 1.29 is 18.1 Å². The van der Waals surface area contributed by atoms with Gasteiger partial charge < -0.3 is 4.74 Å². The molecule has 0 aliphatic heterocycles. The second-order valence-electron chi connectivity index (χ2n) is 4.95. The maximum atomic E-state index is 12.3. The number of rotatable bonds is 6. The molecule has 0 aliphatic carbocycles. The number of ether oxygens (including phenoxy) is 1. The molecule has 8 heteroatoms. The molecule has 0 spiro atoms. The molecule has 0 heterocycles. The van der Waals surface area contributed by atoms with Gasteiger partial charge in [-0.3, -0.25) is 10.1 Å². The van der Waals surface area contributed by atoms with Gasteiger partial charge in [-0.25, -0.2) is 12.7 Å². The van der Waals surface area contributed by atoms with Crippen LogP contribution in [0.25, 0.3) is 0 Å². The molecule has 0 radical (unpaired) electrons. The molecular weight excluding hydrogens is 320 g/mol. The minimum Gasteiger partial charge on any atom is -0.487 e. The molecule has 2 rings (SSSR count). The highest BCUT2D eigenvalue weighted by atomic mass is 32.2. The molecule has 0 aliphatic rings. The summed E-state index contributed by atoms with van der Waals surface area (Å²) in [5, 5.41) is 10.6. The highest BCUT2D eigenvalue weighted by Gasteiger charge is 2.21. The second-order valence-corrected chi connectivity index (χ2v) is 7.07. The third-order valence-corrected chi connectivity index (χ3v) is 5.00. The Morgan fingerprint density at radius 3 is 2.26 bits per heavy atom. The van der Waals surface area contributed by atoms with E-state index in [0.29, 0.717) is 5.56 Å². The highest BCUT2D eigenvalue weighted by molar-refractivity contribution is 7.89. The molecule has 7 nitrogen and oxygen atoms in total. The minimum absolute atomic E-state index is 0.00987. The molecule has 0 saturated carbocycles. The average molecular weight is 336 g/mol. The normalized spacial score (nSPS) is 11.4. The Labute approximate surface area is 134 Å². The Bertz CT molecular complexity index is 801. The van der Waals surface area contributed by atoms with Crippen LogP contribution in [0.5, 0.6) is 5.75 Å². The van der Waals surface area contributed by atoms with Crippen LogP contribution in [0.15, 0.2) is 53.4 Å². The van der Waals surface area contributed by atoms with E-state index in [-0.39, 0.29) is 22.9 Å². The van der Waals surface area contributed by atoms with Gasteiger partial charge in [-0.1, -0.05) is 12.1 Å². The van der Waals surface area contributed by atoms with E-state index in [1.54, 1.807) is 30.3 Å². The topological polar surface area (TPSA) is 89.8 Å². The van der Waals surface area contributed by atoms with Crippen LogP contribution < -0.4 is 4.74 Å². The average Bonchev–Trinajstić information content (AvgIpc) is 2.53. The SMILES string of the molecule is CN(C)S(=O)(=O)c1ccccc1OCc1ccc([N+](=O)[O-])cc1. The fourth-order valence-corrected chi connectivity index (χ4v) is 2.88. The first-order valence-corrected chi connectivity index (χ1v) is 8.14. The van der Waals surface area contributed by atoms with Crippen molar-refractivity contribution in [1.82, 2.24) is 4.31 Å². The zero-order chi connectivity index (χ0) is 17.0. The molecule has 0 atom stereocenters. The third-order valence-electron chi connectivity index (χ3n) is 3.15. The molecular formula is C15H16N2O5S. The van der Waals surface area contributed by atoms with Crippen LogP contribution in [0.2, 0.25) is 0 Å². The maximum Gasteiger partial charge on any atom is 0.269 e. The van der Waals surface area contributed by atoms with E-state index in [1.165, 1.54) is 32.3 Å². The standard InChI is InChI=1S/C15H16N2O5S/c1-16(2)23(20,21)15-6-4-3-5-14(15)22-11-12-7-9-13(10-8-12)17(18)19/h3-10H,11H2,1-2H3. The lowest BCUT2D eigenvalue weighted by molar-refractivity contribution is -0.384. The van der Waals surface area contributed by atoms with Crippen molar-refractivity contribution in [1.29, 1.82) is 0 Å². The number of nitro benzene ring substituents is 1. The van der Waals surface area contributed by atoms with Crippen molar-refractivity contribution in [3.05, 3.63) is 64.2 Å². The summed E-state index contributed by atoms with van der Waals surface area (Å²) in [6.45, 7) is 0.109. The fourth-order valence-electron chi connectivity index (χ4n) is 1.85. The molecule has 0 N–H and O–H groups in total. The molecule has 0 aromatic heterocycles. The van der Waals surface area contributed by atoms with Gasteiger partial charge in [0.15, 0.2) is 0 Å². The van der Waals surface area contributed by atoms with Crippen molar-refractivity contribution in [3.8, 4) is 5.75 Å². The van der Waals surface area contributed by atoms with Gasteiger partial charge in [-0.2, -0.15) is 0 Å². The fraction of sp³-hybridized carbons (Fsp3) is 0.200. The maximum absolute atomic E-state index is 12.3. The predicted octanol–water partition coefficient (Wildman–Crippen LogP) is 2.42. The highest BCUT2D eigenvalue weighted by Crippen LogP contribution is 2.26. The number of non-ortho nitro benzene ring substituents is 1. The largest absolute Gasteiger partial charge is 0.487 e. The van der Waals surface area contributed by atoms with Crippen molar-refractivity contribution in [2.75, 3.05) is 14.1 Å². The Morgan fingerprint density at radius 2 is 1.70 bits per heavy atom. The number of sulfonamides is 1. The van der Waals surface area contributed by atoms with Gasteiger partial charge in [0.2, 0.25) is 10.0 Å². The van der Waals surface area contributed by atoms with Crippen LogP contribution in [-0.4, -0.2) is 31.7 Å². The zero-order valence-electron chi connectivity index (χ0n) is 12.7. The monoisotopic (exact) mass is 336 g/mol. The summed E-state index contributed by atoms with van der Waals surface area (Å²) >= 11 is 0. The number of nitrogens with zero attached hydrogens (tertiary/aromatic N) is 2. The Kier molecular flexibility index (Phi) is 4.97. The number of para-hydroxylation sites is 1. The molecule has 122 valence electrons. The first kappa shape index (κ1) is 16.9. The summed E-state index contributed by atoms with van der Waals surface area (Å²) in [6.07, 6.45) is 0. The second kappa shape index (κ2) is 6.76. The molecule has 0 unspecified atom stereocenters. The van der Waals surface area contributed by atoms with Gasteiger partial charge in [0, 0.05) is 26.2 Å². The van der Waals surface area contributed by atoms with Gasteiger partial charge in [0.1, 0.15) is 17.3 Å². The zero-order valence-corrected chi connectivity index (χ0v) is 13.5. The van der Waals surface area contributed by atoms with Crippen LogP contribution in [-0.2, 0) is 16.6 Å². The van der Waals surface area contributed by atoms with E-state index in [0.717, 1.165) is 4.31 Å². The van der Waals surface area contributed by atoms with Crippen LogP contribution >= 0.6 is 0 Å². The van der Waals surface area contributed by atoms with Crippen molar-refractivity contribution in [2.45, 2.75) is 11.5 Å². The number of nitro groups is 1. The van der Waals surface area contributed by atoms with E-state index in [9.17, 15) is 18.5 Å². The molecule has 2 aromatic rings. The summed E-state index contributed by atoms with van der Waals surface area (Å²) in [4.78, 5) is 10.2. The predicted molar refractivity (Wildman–Crippen MR) is 84.7 cm³/mol. The molecule has 0 saturated heterocycles. The van der Waals surface area contributed by atoms with Gasteiger partial charge in [0.25, 0.3) is 5.69 Å². The summed E-state index contributed by atoms with van der Waals surface area (Å²) in [5.74, 6) is 0.236. The summed E-state index contributed by atoms with van der Waals surface area (Å²) in [5.41, 5.74) is 0.692. The quantitative estimate of drug-likeness (QED) is 0.597. The number of hydrogen-bond acceptors (Lipinski definition) is 5. The Balaban J connectivity index is 2.20. The molecule has 0 fully saturated rings. The lowest BCUT2D eigenvalue weighted by Crippen LogP contribution is -2.22. The van der Waals surface area contributed by atoms with Crippen molar-refractivity contribution in [3.63, 3.8) is 0 Å². The van der Waals surface area contributed by atoms with E-state index < -0.39 is 14.9 Å². The molecule has 23 heavy (non-hydrogen) atoms. The Morgan fingerprint density at radius 1 is 1.09 bits per heavy atom. The van der Waals surface area contributed by atoms with E-state index in [1.807, 2.05) is 0 Å². The number of benzene rings is 2. The Hall–Kier alpha value is -2.45. The molecule has 0 amide bonds. The van der Waals surface area contributed by atoms with Crippen LogP contribution in [0.3, 0.4) is 0 Å². The van der Waals surface area contributed by atoms with Crippen LogP contribution in [0, 0.1) is 10.1 Å². The molecule has 0 bridgehead atoms. The summed E-state index contributed by atoms with van der Waals surface area (Å²) in [7, 11) is -0.717. The van der Waals surface area contributed by atoms with Gasteiger partial charge >= 0.3 is 0 Å². The van der Waals surface area contributed by atoms with Crippen LogP contribution in [0.1, 0.15) is 5.56 Å². The smallest absolute Gasteiger partial charge is 0.269 e. The third kappa shape index (κ3) is 3.85. The summed E-state index contributed by atoms with van der Waals surface area (Å²) in [6, 6.07) is 12.2. The van der Waals surface area contributed by atoms with Gasteiger partial charge in [-0.05, 0) is 29.8 Å². The lowest BCUT2D eigenvalue weighted by atomic mass is 10.2. The molecule has 2 aromatic carbocycles. The van der Waals surface area contributed by atoms with E-state index >= 15 is 0 Å². The van der Waals surface area contributed by atoms with Gasteiger partial charge in [0.05, 0.1) is 4.92 Å². The van der Waals surface area contributed by atoms with Crippen LogP contribution in [0.4, 0.5) is 5.69 Å². The van der Waals surface area contributed by atoms with Crippen molar-refractivity contribution in [2.24, 2.45) is 0 Å². The van der Waals surface area contributed by atoms with E-state index in [4.69, 9.17) is 4.74 Å². The first-order chi connectivity index (χ1) is 10.8.